The van der Waals surface area contributed by atoms with Crippen LogP contribution in [0.5, 0.6) is 0 Å². The van der Waals surface area contributed by atoms with Crippen molar-refractivity contribution in [1.82, 2.24) is 10.3 Å². The van der Waals surface area contributed by atoms with Gasteiger partial charge in [-0.15, -0.1) is 0 Å². The summed E-state index contributed by atoms with van der Waals surface area (Å²) in [5.74, 6) is -0.244. The second-order valence-corrected chi connectivity index (χ2v) is 3.69. The highest BCUT2D eigenvalue weighted by Crippen LogP contribution is 2.27. The Morgan fingerprint density at radius 2 is 2.11 bits per heavy atom. The quantitative estimate of drug-likeness (QED) is 0.797. The van der Waals surface area contributed by atoms with Gasteiger partial charge in [0.25, 0.3) is 0 Å². The second-order valence-electron chi connectivity index (χ2n) is 3.69. The molecule has 18 heavy (non-hydrogen) atoms. The van der Waals surface area contributed by atoms with Crippen molar-refractivity contribution in [2.75, 3.05) is 18.9 Å². The van der Waals surface area contributed by atoms with E-state index in [9.17, 15) is 18.0 Å². The molecular weight excluding hydrogens is 247 g/mol. The zero-order valence-electron chi connectivity index (χ0n) is 9.84. The number of nitrogens with one attached hydrogen (secondary N) is 2. The van der Waals surface area contributed by atoms with Crippen LogP contribution in [0.25, 0.3) is 0 Å². The summed E-state index contributed by atoms with van der Waals surface area (Å²) in [7, 11) is 1.78. The Labute approximate surface area is 103 Å². The van der Waals surface area contributed by atoms with E-state index >= 15 is 0 Å². The standard InChI is InChI=1S/C11H14F3N3O/c1-15-6-2-3-10(18)17-8-4-5-9(16-7-8)11(12,13)14/h4-5,7,15H,2-3,6H2,1H3,(H,17,18). The zero-order chi connectivity index (χ0) is 13.6. The van der Waals surface area contributed by atoms with Gasteiger partial charge < -0.3 is 10.6 Å². The summed E-state index contributed by atoms with van der Waals surface area (Å²) in [5.41, 5.74) is -0.715. The van der Waals surface area contributed by atoms with Crippen molar-refractivity contribution in [2.24, 2.45) is 0 Å². The molecule has 0 aliphatic carbocycles. The van der Waals surface area contributed by atoms with Gasteiger partial charge in [0.1, 0.15) is 5.69 Å². The first-order valence-electron chi connectivity index (χ1n) is 5.41. The molecule has 7 heteroatoms. The number of anilines is 1. The van der Waals surface area contributed by atoms with E-state index in [4.69, 9.17) is 0 Å². The van der Waals surface area contributed by atoms with Gasteiger partial charge in [0.05, 0.1) is 11.9 Å². The highest BCUT2D eigenvalue weighted by Gasteiger charge is 2.32. The molecule has 0 aliphatic heterocycles. The number of amides is 1. The third-order valence-corrected chi connectivity index (χ3v) is 2.17. The van der Waals surface area contributed by atoms with Gasteiger partial charge in [0, 0.05) is 6.42 Å². The molecule has 0 atom stereocenters. The van der Waals surface area contributed by atoms with E-state index in [1.807, 2.05) is 0 Å². The van der Waals surface area contributed by atoms with E-state index in [0.29, 0.717) is 19.4 Å². The summed E-state index contributed by atoms with van der Waals surface area (Å²) in [6.07, 6.45) is -2.49. The molecular formula is C11H14F3N3O. The van der Waals surface area contributed by atoms with Gasteiger partial charge >= 0.3 is 6.18 Å². The molecule has 100 valence electrons. The van der Waals surface area contributed by atoms with Crippen molar-refractivity contribution in [2.45, 2.75) is 19.0 Å². The highest BCUT2D eigenvalue weighted by molar-refractivity contribution is 5.90. The summed E-state index contributed by atoms with van der Waals surface area (Å²) < 4.78 is 36.7. The Balaban J connectivity index is 2.51. The maximum absolute atomic E-state index is 12.2. The van der Waals surface area contributed by atoms with Crippen molar-refractivity contribution < 1.29 is 18.0 Å². The summed E-state index contributed by atoms with van der Waals surface area (Å²) in [6.45, 7) is 0.707. The fourth-order valence-corrected chi connectivity index (χ4v) is 1.28. The van der Waals surface area contributed by atoms with E-state index in [1.165, 1.54) is 6.07 Å². The van der Waals surface area contributed by atoms with Crippen molar-refractivity contribution in [1.29, 1.82) is 0 Å². The molecule has 0 saturated carbocycles. The molecule has 4 nitrogen and oxygen atoms in total. The summed E-state index contributed by atoms with van der Waals surface area (Å²) in [4.78, 5) is 14.6. The number of carbonyl (C=O) groups is 1. The molecule has 2 N–H and O–H groups in total. The van der Waals surface area contributed by atoms with Crippen molar-refractivity contribution in [3.63, 3.8) is 0 Å². The van der Waals surface area contributed by atoms with Crippen LogP contribution < -0.4 is 10.6 Å². The molecule has 0 fully saturated rings. The van der Waals surface area contributed by atoms with Gasteiger partial charge in [0.2, 0.25) is 5.91 Å². The Kier molecular flexibility index (Phi) is 5.08. The van der Waals surface area contributed by atoms with Gasteiger partial charge in [0.15, 0.2) is 0 Å². The molecule has 1 aromatic rings. The van der Waals surface area contributed by atoms with Gasteiger partial charge in [-0.3, -0.25) is 4.79 Å². The zero-order valence-corrected chi connectivity index (χ0v) is 9.84. The maximum Gasteiger partial charge on any atom is 0.433 e. The average Bonchev–Trinajstić information content (AvgIpc) is 2.29. The molecule has 1 aromatic heterocycles. The van der Waals surface area contributed by atoms with Gasteiger partial charge in [-0.1, -0.05) is 0 Å². The summed E-state index contributed by atoms with van der Waals surface area (Å²) in [5, 5.41) is 5.38. The summed E-state index contributed by atoms with van der Waals surface area (Å²) >= 11 is 0. The largest absolute Gasteiger partial charge is 0.433 e. The Morgan fingerprint density at radius 1 is 1.39 bits per heavy atom. The van der Waals surface area contributed by atoms with E-state index in [1.54, 1.807) is 7.05 Å². The Morgan fingerprint density at radius 3 is 2.61 bits per heavy atom. The molecule has 1 rings (SSSR count). The summed E-state index contributed by atoms with van der Waals surface area (Å²) in [6, 6.07) is 2.02. The lowest BCUT2D eigenvalue weighted by Crippen LogP contribution is -2.15. The SMILES string of the molecule is CNCCCC(=O)Nc1ccc(C(F)(F)F)nc1. The first-order chi connectivity index (χ1) is 8.43. The molecule has 0 saturated heterocycles. The normalized spacial score (nSPS) is 11.3. The minimum atomic E-state index is -4.46. The number of alkyl halides is 3. The van der Waals surface area contributed by atoms with Gasteiger partial charge in [-0.05, 0) is 32.1 Å². The molecule has 0 bridgehead atoms. The fraction of sp³-hybridized carbons (Fsp3) is 0.455. The first kappa shape index (κ1) is 14.4. The van der Waals surface area contributed by atoms with Crippen LogP contribution in [0.15, 0.2) is 18.3 Å². The number of hydrogen-bond acceptors (Lipinski definition) is 3. The number of pyridine rings is 1. The van der Waals surface area contributed by atoms with Crippen LogP contribution in [-0.4, -0.2) is 24.5 Å². The number of rotatable bonds is 5. The number of hydrogen-bond donors (Lipinski definition) is 2. The Bertz CT molecular complexity index is 390. The minimum Gasteiger partial charge on any atom is -0.325 e. The van der Waals surface area contributed by atoms with Crippen LogP contribution in [0.2, 0.25) is 0 Å². The smallest absolute Gasteiger partial charge is 0.325 e. The molecule has 0 unspecified atom stereocenters. The molecule has 0 aliphatic rings. The Hall–Kier alpha value is -1.63. The van der Waals surface area contributed by atoms with Crippen LogP contribution in [0.3, 0.4) is 0 Å². The highest BCUT2D eigenvalue weighted by atomic mass is 19.4. The number of aromatic nitrogens is 1. The van der Waals surface area contributed by atoms with E-state index < -0.39 is 11.9 Å². The van der Waals surface area contributed by atoms with Crippen LogP contribution in [0.4, 0.5) is 18.9 Å². The molecule has 0 spiro atoms. The number of carbonyl (C=O) groups excluding carboxylic acids is 1. The van der Waals surface area contributed by atoms with Crippen LogP contribution in [0, 0.1) is 0 Å². The van der Waals surface area contributed by atoms with Gasteiger partial charge in [-0.25, -0.2) is 4.98 Å². The number of halogens is 3. The first-order valence-corrected chi connectivity index (χ1v) is 5.41. The molecule has 1 amide bonds. The monoisotopic (exact) mass is 261 g/mol. The predicted octanol–water partition coefficient (Wildman–Crippen LogP) is 2.04. The molecule has 0 radical (unpaired) electrons. The van der Waals surface area contributed by atoms with E-state index in [-0.39, 0.29) is 11.6 Å². The molecule has 1 heterocycles. The lowest BCUT2D eigenvalue weighted by atomic mass is 10.2. The van der Waals surface area contributed by atoms with Crippen LogP contribution in [0.1, 0.15) is 18.5 Å². The lowest BCUT2D eigenvalue weighted by molar-refractivity contribution is -0.141. The molecule has 0 aromatic carbocycles. The van der Waals surface area contributed by atoms with Crippen LogP contribution in [-0.2, 0) is 11.0 Å². The fourth-order valence-electron chi connectivity index (χ4n) is 1.28. The second kappa shape index (κ2) is 6.34. The van der Waals surface area contributed by atoms with Crippen molar-refractivity contribution in [3.8, 4) is 0 Å². The van der Waals surface area contributed by atoms with E-state index in [2.05, 4.69) is 15.6 Å². The topological polar surface area (TPSA) is 54.0 Å². The average molecular weight is 261 g/mol. The predicted molar refractivity (Wildman–Crippen MR) is 61.0 cm³/mol. The van der Waals surface area contributed by atoms with Crippen LogP contribution >= 0.6 is 0 Å². The van der Waals surface area contributed by atoms with E-state index in [0.717, 1.165) is 12.3 Å². The van der Waals surface area contributed by atoms with Crippen molar-refractivity contribution >= 4 is 11.6 Å². The lowest BCUT2D eigenvalue weighted by Gasteiger charge is -2.07. The van der Waals surface area contributed by atoms with Crippen molar-refractivity contribution in [3.05, 3.63) is 24.0 Å². The minimum absolute atomic E-state index is 0.244. The van der Waals surface area contributed by atoms with Gasteiger partial charge in [-0.2, -0.15) is 13.2 Å². The number of nitrogens with zero attached hydrogens (tertiary/aromatic N) is 1. The maximum atomic E-state index is 12.2. The third kappa shape index (κ3) is 4.70. The third-order valence-electron chi connectivity index (χ3n) is 2.17.